The molecule has 90 valence electrons. The average Bonchev–Trinajstić information content (AvgIpc) is 2.30. The Kier molecular flexibility index (Phi) is 4.41. The van der Waals surface area contributed by atoms with Gasteiger partial charge in [-0.3, -0.25) is 10.1 Å². The number of halogens is 1. The molecule has 0 bridgehead atoms. The normalized spacial score (nSPS) is 10.2. The van der Waals surface area contributed by atoms with Crippen molar-refractivity contribution in [1.82, 2.24) is 5.43 Å². The zero-order valence-electron chi connectivity index (χ0n) is 8.71. The zero-order chi connectivity index (χ0) is 12.8. The number of hydrogen-bond acceptors (Lipinski definition) is 5. The van der Waals surface area contributed by atoms with Gasteiger partial charge < -0.3 is 4.74 Å². The van der Waals surface area contributed by atoms with E-state index >= 15 is 0 Å². The summed E-state index contributed by atoms with van der Waals surface area (Å²) in [6.45, 7) is 0. The maximum absolute atomic E-state index is 10.7. The van der Waals surface area contributed by atoms with Crippen LogP contribution >= 0.6 is 11.6 Å². The molecule has 0 spiro atoms. The number of nitro groups is 1. The monoisotopic (exact) mass is 257 g/mol. The molecule has 17 heavy (non-hydrogen) atoms. The number of hydrogen-bond donors (Lipinski definition) is 1. The third kappa shape index (κ3) is 3.72. The summed E-state index contributed by atoms with van der Waals surface area (Å²) in [6.07, 6.45) is 0.439. The van der Waals surface area contributed by atoms with Crippen molar-refractivity contribution in [2.24, 2.45) is 5.10 Å². The van der Waals surface area contributed by atoms with Crippen molar-refractivity contribution in [2.45, 2.75) is 0 Å². The van der Waals surface area contributed by atoms with Gasteiger partial charge in [-0.2, -0.15) is 5.10 Å². The van der Waals surface area contributed by atoms with Gasteiger partial charge in [0.25, 0.3) is 5.69 Å². The van der Waals surface area contributed by atoms with Gasteiger partial charge in [0, 0.05) is 22.7 Å². The van der Waals surface area contributed by atoms with Crippen LogP contribution in [0.2, 0.25) is 5.02 Å². The highest BCUT2D eigenvalue weighted by Crippen LogP contribution is 2.20. The SMILES string of the molecule is COC(=O)N/N=C/c1cc([N+](=O)[O-])ccc1Cl. The molecule has 0 aliphatic carbocycles. The van der Waals surface area contributed by atoms with Gasteiger partial charge in [-0.15, -0.1) is 0 Å². The summed E-state index contributed by atoms with van der Waals surface area (Å²) < 4.78 is 4.28. The van der Waals surface area contributed by atoms with Crippen LogP contribution in [0.4, 0.5) is 10.5 Å². The molecule has 0 aliphatic heterocycles. The second-order valence-corrected chi connectivity index (χ2v) is 3.23. The number of ether oxygens (including phenoxy) is 1. The number of carbonyl (C=O) groups is 1. The third-order valence-corrected chi connectivity index (χ3v) is 2.08. The van der Waals surface area contributed by atoms with Crippen LogP contribution in [0.15, 0.2) is 23.3 Å². The Bertz CT molecular complexity index is 475. The van der Waals surface area contributed by atoms with Crippen molar-refractivity contribution in [1.29, 1.82) is 0 Å². The molecular weight excluding hydrogens is 250 g/mol. The minimum absolute atomic E-state index is 0.117. The van der Waals surface area contributed by atoms with Crippen molar-refractivity contribution in [3.8, 4) is 0 Å². The Morgan fingerprint density at radius 1 is 1.65 bits per heavy atom. The first-order valence-electron chi connectivity index (χ1n) is 4.35. The molecule has 1 rings (SSSR count). The van der Waals surface area contributed by atoms with Crippen LogP contribution in [-0.4, -0.2) is 24.3 Å². The van der Waals surface area contributed by atoms with Crippen LogP contribution in [-0.2, 0) is 4.74 Å². The summed E-state index contributed by atoms with van der Waals surface area (Å²) >= 11 is 5.79. The molecule has 0 aliphatic rings. The maximum atomic E-state index is 10.7. The first-order chi connectivity index (χ1) is 8.04. The van der Waals surface area contributed by atoms with E-state index in [1.807, 2.05) is 5.43 Å². The Morgan fingerprint density at radius 2 is 2.35 bits per heavy atom. The van der Waals surface area contributed by atoms with Crippen LogP contribution < -0.4 is 5.43 Å². The fraction of sp³-hybridized carbons (Fsp3) is 0.111. The van der Waals surface area contributed by atoms with E-state index in [1.165, 1.54) is 31.5 Å². The first-order valence-corrected chi connectivity index (χ1v) is 4.73. The van der Waals surface area contributed by atoms with Crippen LogP contribution in [0, 0.1) is 10.1 Å². The highest BCUT2D eigenvalue weighted by atomic mass is 35.5. The molecule has 1 aromatic carbocycles. The second-order valence-electron chi connectivity index (χ2n) is 2.82. The van der Waals surface area contributed by atoms with E-state index in [2.05, 4.69) is 9.84 Å². The smallest absolute Gasteiger partial charge is 0.427 e. The number of benzene rings is 1. The molecule has 0 saturated carbocycles. The number of amides is 1. The lowest BCUT2D eigenvalue weighted by Crippen LogP contribution is -2.16. The van der Waals surface area contributed by atoms with E-state index in [4.69, 9.17) is 11.6 Å². The summed E-state index contributed by atoms with van der Waals surface area (Å²) in [7, 11) is 1.19. The molecule has 7 nitrogen and oxygen atoms in total. The van der Waals surface area contributed by atoms with Gasteiger partial charge in [-0.25, -0.2) is 10.2 Å². The Labute approximate surface area is 101 Å². The summed E-state index contributed by atoms with van der Waals surface area (Å²) in [4.78, 5) is 20.6. The van der Waals surface area contributed by atoms with Crippen LogP contribution in [0.1, 0.15) is 5.56 Å². The minimum atomic E-state index is -0.747. The lowest BCUT2D eigenvalue weighted by Gasteiger charge is -1.98. The molecule has 1 aromatic rings. The largest absolute Gasteiger partial charge is 0.452 e. The fourth-order valence-electron chi connectivity index (χ4n) is 0.944. The molecule has 0 radical (unpaired) electrons. The standard InChI is InChI=1S/C9H8ClN3O4/c1-17-9(14)12-11-5-6-4-7(13(15)16)2-3-8(6)10/h2-5H,1H3,(H,12,14)/b11-5+. The van der Waals surface area contributed by atoms with Gasteiger partial charge >= 0.3 is 6.09 Å². The minimum Gasteiger partial charge on any atom is -0.452 e. The molecule has 0 heterocycles. The van der Waals surface area contributed by atoms with Crippen LogP contribution in [0.25, 0.3) is 0 Å². The number of non-ortho nitro benzene ring substituents is 1. The number of nitrogens with one attached hydrogen (secondary N) is 1. The van der Waals surface area contributed by atoms with Crippen LogP contribution in [0.3, 0.4) is 0 Å². The van der Waals surface area contributed by atoms with E-state index < -0.39 is 11.0 Å². The quantitative estimate of drug-likeness (QED) is 0.509. The molecule has 1 N–H and O–H groups in total. The first kappa shape index (κ1) is 12.9. The van der Waals surface area contributed by atoms with Gasteiger partial charge in [0.1, 0.15) is 0 Å². The van der Waals surface area contributed by atoms with E-state index in [-0.39, 0.29) is 10.7 Å². The third-order valence-electron chi connectivity index (χ3n) is 1.74. The van der Waals surface area contributed by atoms with Crippen molar-refractivity contribution >= 4 is 29.6 Å². The zero-order valence-corrected chi connectivity index (χ0v) is 9.47. The summed E-state index contributed by atoms with van der Waals surface area (Å²) in [5.74, 6) is 0. The number of carbonyl (C=O) groups excluding carboxylic acids is 1. The van der Waals surface area contributed by atoms with E-state index in [0.29, 0.717) is 5.56 Å². The van der Waals surface area contributed by atoms with Crippen LogP contribution in [0.5, 0.6) is 0 Å². The average molecular weight is 258 g/mol. The molecule has 0 aromatic heterocycles. The van der Waals surface area contributed by atoms with Gasteiger partial charge in [-0.05, 0) is 6.07 Å². The molecule has 0 atom stereocenters. The van der Waals surface area contributed by atoms with E-state index in [0.717, 1.165) is 0 Å². The lowest BCUT2D eigenvalue weighted by atomic mass is 10.2. The molecule has 0 unspecified atom stereocenters. The highest BCUT2D eigenvalue weighted by Gasteiger charge is 2.08. The van der Waals surface area contributed by atoms with Crippen molar-refractivity contribution in [2.75, 3.05) is 7.11 Å². The molecule has 0 saturated heterocycles. The predicted molar refractivity (Wildman–Crippen MR) is 61.2 cm³/mol. The molecule has 0 fully saturated rings. The number of hydrazone groups is 1. The maximum Gasteiger partial charge on any atom is 0.427 e. The second kappa shape index (κ2) is 5.80. The Morgan fingerprint density at radius 3 is 2.94 bits per heavy atom. The number of methoxy groups -OCH3 is 1. The summed E-state index contributed by atoms with van der Waals surface area (Å²) in [6, 6.07) is 3.89. The van der Waals surface area contributed by atoms with Gasteiger partial charge in [-0.1, -0.05) is 11.6 Å². The van der Waals surface area contributed by atoms with Crippen molar-refractivity contribution in [3.63, 3.8) is 0 Å². The fourth-order valence-corrected chi connectivity index (χ4v) is 1.11. The van der Waals surface area contributed by atoms with Crippen molar-refractivity contribution in [3.05, 3.63) is 38.9 Å². The Balaban J connectivity index is 2.86. The number of rotatable bonds is 3. The van der Waals surface area contributed by atoms with E-state index in [1.54, 1.807) is 0 Å². The summed E-state index contributed by atoms with van der Waals surface area (Å²) in [5.41, 5.74) is 2.24. The van der Waals surface area contributed by atoms with Gasteiger partial charge in [0.05, 0.1) is 18.2 Å². The number of nitro benzene ring substituents is 1. The van der Waals surface area contributed by atoms with E-state index in [9.17, 15) is 14.9 Å². The Hall–Kier alpha value is -2.15. The molecular formula is C9H8ClN3O4. The van der Waals surface area contributed by atoms with Gasteiger partial charge in [0.2, 0.25) is 0 Å². The predicted octanol–water partition coefficient (Wildman–Crippen LogP) is 1.94. The van der Waals surface area contributed by atoms with Crippen molar-refractivity contribution < 1.29 is 14.5 Å². The molecule has 8 heteroatoms. The highest BCUT2D eigenvalue weighted by molar-refractivity contribution is 6.33. The summed E-state index contributed by atoms with van der Waals surface area (Å²) in [5, 5.41) is 14.3. The van der Waals surface area contributed by atoms with Gasteiger partial charge in [0.15, 0.2) is 0 Å². The molecule has 1 amide bonds. The lowest BCUT2D eigenvalue weighted by molar-refractivity contribution is -0.384. The number of nitrogens with zero attached hydrogens (tertiary/aromatic N) is 2. The topological polar surface area (TPSA) is 93.8 Å².